The largest absolute Gasteiger partial charge is 0.384 e. The third-order valence-corrected chi connectivity index (χ3v) is 9.37. The number of aromatic nitrogens is 1. The van der Waals surface area contributed by atoms with E-state index in [1.54, 1.807) is 60.8 Å². The molecule has 0 bridgehead atoms. The van der Waals surface area contributed by atoms with Crippen molar-refractivity contribution in [1.29, 1.82) is 0 Å². The lowest BCUT2D eigenvalue weighted by atomic mass is 9.84. The summed E-state index contributed by atoms with van der Waals surface area (Å²) >= 11 is 0. The number of halogens is 2. The molecule has 7 rings (SSSR count). The highest BCUT2D eigenvalue weighted by atomic mass is 32.2. The van der Waals surface area contributed by atoms with Crippen LogP contribution < -0.4 is 15.8 Å². The van der Waals surface area contributed by atoms with E-state index in [1.807, 2.05) is 0 Å². The Balaban J connectivity index is 1.42. The van der Waals surface area contributed by atoms with Gasteiger partial charge in [0.2, 0.25) is 0 Å². The minimum absolute atomic E-state index is 0.0270. The van der Waals surface area contributed by atoms with Gasteiger partial charge in [0.15, 0.2) is 9.84 Å². The molecule has 12 heteroatoms. The molecule has 1 aromatic heterocycles. The second-order valence-corrected chi connectivity index (χ2v) is 13.6. The van der Waals surface area contributed by atoms with E-state index in [0.29, 0.717) is 39.1 Å². The summed E-state index contributed by atoms with van der Waals surface area (Å²) in [4.78, 5) is 43.1. The molecule has 3 aromatic rings. The van der Waals surface area contributed by atoms with Gasteiger partial charge in [-0.2, -0.15) is 0 Å². The van der Waals surface area contributed by atoms with Gasteiger partial charge < -0.3 is 14.8 Å². The number of hydrogen-bond acceptors (Lipinski definition) is 7. The summed E-state index contributed by atoms with van der Waals surface area (Å²) in [5.74, 6) is -3.31. The Morgan fingerprint density at radius 3 is 2.34 bits per heavy atom. The quantitative estimate of drug-likeness (QED) is 0.439. The molecule has 9 nitrogen and oxygen atoms in total. The number of nitrogens with one attached hydrogen (secondary N) is 1. The molecule has 0 fully saturated rings. The fourth-order valence-electron chi connectivity index (χ4n) is 6.66. The number of carbonyl (C=O) groups is 2. The minimum Gasteiger partial charge on any atom is -0.384 e. The van der Waals surface area contributed by atoms with E-state index < -0.39 is 45.2 Å². The van der Waals surface area contributed by atoms with E-state index in [1.165, 1.54) is 15.5 Å². The van der Waals surface area contributed by atoms with Crippen LogP contribution in [0.2, 0.25) is 0 Å². The van der Waals surface area contributed by atoms with Crippen LogP contribution in [0.4, 0.5) is 14.5 Å². The van der Waals surface area contributed by atoms with Gasteiger partial charge in [0, 0.05) is 56.3 Å². The molecule has 1 aliphatic carbocycles. The highest BCUT2D eigenvalue weighted by molar-refractivity contribution is 7.91. The maximum absolute atomic E-state index is 15.4. The van der Waals surface area contributed by atoms with Crippen molar-refractivity contribution in [3.8, 4) is 0 Å². The zero-order valence-corrected chi connectivity index (χ0v) is 24.5. The van der Waals surface area contributed by atoms with Crippen molar-refractivity contribution >= 4 is 38.6 Å². The number of allylic oxidation sites excluding steroid dienone is 1. The molecule has 3 aliphatic heterocycles. The number of sulfone groups is 1. The minimum atomic E-state index is -3.54. The lowest BCUT2D eigenvalue weighted by Crippen LogP contribution is -2.51. The van der Waals surface area contributed by atoms with Gasteiger partial charge in [-0.05, 0) is 53.1 Å². The van der Waals surface area contributed by atoms with E-state index >= 15 is 4.39 Å². The molecule has 0 saturated carbocycles. The molecular weight excluding hydrogens is 590 g/mol. The highest BCUT2D eigenvalue weighted by Crippen LogP contribution is 2.46. The van der Waals surface area contributed by atoms with Crippen LogP contribution in [-0.2, 0) is 16.9 Å². The van der Waals surface area contributed by atoms with Crippen LogP contribution in [0.25, 0.3) is 11.3 Å². The number of benzene rings is 2. The highest BCUT2D eigenvalue weighted by Gasteiger charge is 2.47. The van der Waals surface area contributed by atoms with Crippen molar-refractivity contribution in [2.75, 3.05) is 30.0 Å². The summed E-state index contributed by atoms with van der Waals surface area (Å²) in [6.07, 6.45) is 6.01. The van der Waals surface area contributed by atoms with Gasteiger partial charge in [-0.25, -0.2) is 17.2 Å². The third kappa shape index (κ3) is 4.31. The fraction of sp³-hybridized carbons (Fsp3) is 0.219. The predicted octanol–water partition coefficient (Wildman–Crippen LogP) is 3.10. The van der Waals surface area contributed by atoms with Gasteiger partial charge >= 0.3 is 0 Å². The third-order valence-electron chi connectivity index (χ3n) is 8.54. The topological polar surface area (TPSA) is 109 Å². The SMILES string of the molecule is Cn1ccc2c(c1=O)C1=C3C(=CN(c4ccc(F)cc4F)C3C(CN3C(=O)c4ccccc4C3=O)CN1)C=C2CS(C)(=O)=O. The molecule has 44 heavy (non-hydrogen) atoms. The van der Waals surface area contributed by atoms with Crippen LogP contribution >= 0.6 is 0 Å². The number of nitrogens with zero attached hydrogens (tertiary/aromatic N) is 3. The van der Waals surface area contributed by atoms with Crippen LogP contribution in [0.1, 0.15) is 31.8 Å². The first-order valence-electron chi connectivity index (χ1n) is 13.9. The number of hydrogen-bond donors (Lipinski definition) is 1. The molecule has 4 aliphatic rings. The summed E-state index contributed by atoms with van der Waals surface area (Å²) in [5, 5.41) is 3.35. The average molecular weight is 617 g/mol. The number of amides is 2. The van der Waals surface area contributed by atoms with Gasteiger partial charge in [-0.15, -0.1) is 0 Å². The first kappa shape index (κ1) is 28.0. The number of fused-ring (bicyclic) bond motifs is 3. The maximum Gasteiger partial charge on any atom is 0.261 e. The first-order valence-corrected chi connectivity index (χ1v) is 16.0. The molecule has 0 radical (unpaired) electrons. The number of aryl methyl sites for hydroxylation is 1. The Hall–Kier alpha value is -4.84. The van der Waals surface area contributed by atoms with Crippen molar-refractivity contribution in [3.63, 3.8) is 0 Å². The average Bonchev–Trinajstić information content (AvgIpc) is 3.40. The molecule has 1 N–H and O–H groups in total. The Bertz CT molecular complexity index is 2050. The molecule has 2 aromatic carbocycles. The number of anilines is 1. The lowest BCUT2D eigenvalue weighted by molar-refractivity contribution is 0.0624. The summed E-state index contributed by atoms with van der Waals surface area (Å²) in [5.41, 5.74) is 3.00. The van der Waals surface area contributed by atoms with Crippen molar-refractivity contribution in [2.24, 2.45) is 13.0 Å². The smallest absolute Gasteiger partial charge is 0.261 e. The van der Waals surface area contributed by atoms with E-state index in [-0.39, 0.29) is 35.7 Å². The Morgan fingerprint density at radius 1 is 0.977 bits per heavy atom. The number of rotatable bonds is 5. The molecule has 2 atom stereocenters. The van der Waals surface area contributed by atoms with Crippen LogP contribution in [0.5, 0.6) is 0 Å². The monoisotopic (exact) mass is 616 g/mol. The van der Waals surface area contributed by atoms with Gasteiger partial charge in [0.05, 0.1) is 39.9 Å². The molecular formula is C32H26F2N4O5S. The van der Waals surface area contributed by atoms with Crippen molar-refractivity contribution in [2.45, 2.75) is 6.04 Å². The molecule has 4 heterocycles. The number of pyridine rings is 1. The summed E-state index contributed by atoms with van der Waals surface area (Å²) in [6, 6.07) is 10.8. The van der Waals surface area contributed by atoms with E-state index in [4.69, 9.17) is 0 Å². The number of carbonyl (C=O) groups excluding carboxylic acids is 2. The Labute approximate surface area is 251 Å². The normalized spacial score (nSPS) is 20.5. The zero-order valence-electron chi connectivity index (χ0n) is 23.7. The van der Waals surface area contributed by atoms with Gasteiger partial charge in [0.25, 0.3) is 17.4 Å². The molecule has 0 spiro atoms. The molecule has 224 valence electrons. The van der Waals surface area contributed by atoms with Crippen molar-refractivity contribution in [1.82, 2.24) is 14.8 Å². The fourth-order valence-corrected chi connectivity index (χ4v) is 7.47. The first-order chi connectivity index (χ1) is 20.9. The van der Waals surface area contributed by atoms with Crippen LogP contribution in [0, 0.1) is 17.6 Å². The van der Waals surface area contributed by atoms with Gasteiger partial charge in [0.1, 0.15) is 11.6 Å². The van der Waals surface area contributed by atoms with Crippen LogP contribution in [0.15, 0.2) is 82.9 Å². The summed E-state index contributed by atoms with van der Waals surface area (Å²) in [6.45, 7) is 0.164. The summed E-state index contributed by atoms with van der Waals surface area (Å²) in [7, 11) is -1.95. The van der Waals surface area contributed by atoms with Crippen molar-refractivity contribution < 1.29 is 26.8 Å². The summed E-state index contributed by atoms with van der Waals surface area (Å²) < 4.78 is 55.8. The van der Waals surface area contributed by atoms with Crippen LogP contribution in [-0.4, -0.2) is 60.8 Å². The maximum atomic E-state index is 15.4. The van der Waals surface area contributed by atoms with E-state index in [0.717, 1.165) is 18.4 Å². The molecule has 2 unspecified atom stereocenters. The molecule has 0 saturated heterocycles. The standard InChI is InChI=1S/C32H26F2N4O5S/c1-36-10-9-21-18(16-44(2,42)43)11-17-14-37(25-8-7-20(33)12-24(25)34)29-19(13-35-28(26(17)29)27(21)32(36)41)15-38-30(39)22-5-3-4-6-23(22)31(38)40/h3-12,14,19,29,35H,13,15-16H2,1-2H3. The zero-order chi connectivity index (χ0) is 31.1. The lowest BCUT2D eigenvalue weighted by Gasteiger charge is -2.40. The van der Waals surface area contributed by atoms with Gasteiger partial charge in [-0.3, -0.25) is 19.3 Å². The molecule has 2 amide bonds. The Morgan fingerprint density at radius 2 is 1.68 bits per heavy atom. The Kier molecular flexibility index (Phi) is 6.26. The van der Waals surface area contributed by atoms with Crippen molar-refractivity contribution in [3.05, 3.63) is 122 Å². The van der Waals surface area contributed by atoms with E-state index in [9.17, 15) is 27.2 Å². The second-order valence-electron chi connectivity index (χ2n) is 11.5. The van der Waals surface area contributed by atoms with Gasteiger partial charge in [-0.1, -0.05) is 12.1 Å². The second kappa shape index (κ2) is 9.84. The van der Waals surface area contributed by atoms with Crippen LogP contribution in [0.3, 0.4) is 0 Å². The number of imide groups is 1. The van der Waals surface area contributed by atoms with E-state index in [2.05, 4.69) is 5.32 Å². The predicted molar refractivity (Wildman–Crippen MR) is 160 cm³/mol.